The van der Waals surface area contributed by atoms with Crippen LogP contribution in [0.2, 0.25) is 0 Å². The van der Waals surface area contributed by atoms with Gasteiger partial charge in [-0.1, -0.05) is 48.5 Å². The van der Waals surface area contributed by atoms with Gasteiger partial charge in [-0.2, -0.15) is 5.26 Å². The Hall–Kier alpha value is -3.91. The van der Waals surface area contributed by atoms with E-state index in [1.165, 1.54) is 6.07 Å². The molecule has 0 heterocycles. The highest BCUT2D eigenvalue weighted by atomic mass is 19.1. The predicted octanol–water partition coefficient (Wildman–Crippen LogP) is 7.96. The van der Waals surface area contributed by atoms with E-state index in [0.717, 1.165) is 41.5 Å². The lowest BCUT2D eigenvalue weighted by Gasteiger charge is -2.10. The molecule has 0 atom stereocenters. The molecule has 182 valence electrons. The summed E-state index contributed by atoms with van der Waals surface area (Å²) in [7, 11) is 0. The molecule has 0 N–H and O–H groups in total. The molecule has 36 heavy (non-hydrogen) atoms. The summed E-state index contributed by atoms with van der Waals surface area (Å²) in [6, 6.07) is 18.1. The van der Waals surface area contributed by atoms with E-state index in [2.05, 4.69) is 6.58 Å². The highest BCUT2D eigenvalue weighted by Crippen LogP contribution is 2.25. The lowest BCUT2D eigenvalue weighted by molar-refractivity contribution is 0.572. The van der Waals surface area contributed by atoms with Gasteiger partial charge in [0.2, 0.25) is 0 Å². The van der Waals surface area contributed by atoms with Gasteiger partial charge in [-0.05, 0) is 89.9 Å². The molecule has 1 nitrogen and oxygen atoms in total. The molecule has 0 unspecified atom stereocenters. The molecule has 0 aromatic heterocycles. The quantitative estimate of drug-likeness (QED) is 0.174. The topological polar surface area (TPSA) is 23.8 Å². The zero-order valence-electron chi connectivity index (χ0n) is 19.8. The largest absolute Gasteiger partial charge is 0.207 e. The summed E-state index contributed by atoms with van der Waals surface area (Å²) in [6.45, 7) is 3.69. The Kier molecular flexibility index (Phi) is 7.85. The lowest BCUT2D eigenvalue weighted by atomic mass is 9.96. The van der Waals surface area contributed by atoms with Crippen molar-refractivity contribution in [2.24, 2.45) is 0 Å². The molecule has 4 aromatic rings. The van der Waals surface area contributed by atoms with Crippen LogP contribution in [0.1, 0.15) is 39.8 Å². The molecule has 4 aromatic carbocycles. The minimum Gasteiger partial charge on any atom is -0.207 e. The number of fused-ring (bicyclic) bond motifs is 1. The summed E-state index contributed by atoms with van der Waals surface area (Å²) in [5.41, 5.74) is 2.76. The van der Waals surface area contributed by atoms with Gasteiger partial charge in [-0.25, -0.2) is 17.6 Å². The maximum absolute atomic E-state index is 15.2. The van der Waals surface area contributed by atoms with Crippen LogP contribution in [0.3, 0.4) is 0 Å². The van der Waals surface area contributed by atoms with Crippen LogP contribution in [-0.4, -0.2) is 0 Å². The third kappa shape index (κ3) is 5.66. The van der Waals surface area contributed by atoms with Crippen molar-refractivity contribution in [2.75, 3.05) is 0 Å². The van der Waals surface area contributed by atoms with E-state index in [0.29, 0.717) is 34.9 Å². The Morgan fingerprint density at radius 2 is 1.28 bits per heavy atom. The van der Waals surface area contributed by atoms with Crippen LogP contribution in [0.5, 0.6) is 0 Å². The van der Waals surface area contributed by atoms with Gasteiger partial charge in [-0.3, -0.25) is 0 Å². The van der Waals surface area contributed by atoms with E-state index in [1.54, 1.807) is 18.2 Å². The van der Waals surface area contributed by atoms with Gasteiger partial charge in [0.25, 0.3) is 0 Å². The average molecular weight is 488 g/mol. The van der Waals surface area contributed by atoms with Crippen LogP contribution in [0.15, 0.2) is 73.3 Å². The zero-order chi connectivity index (χ0) is 25.7. The number of benzene rings is 4. The standard InChI is InChI=1S/C31H25F4N/c1-2-3-4-20-5-9-23(28(32)16-20)10-6-21-8-14-26-25(15-21)13-12-24(31(26)35)11-7-22-17-29(33)27(19-36)30(34)18-22/h2,5,8-9,12-18H,1,3-4,6-7,10-11H2. The predicted molar refractivity (Wildman–Crippen MR) is 135 cm³/mol. The van der Waals surface area contributed by atoms with Crippen LogP contribution >= 0.6 is 0 Å². The molecule has 0 aliphatic carbocycles. The first-order chi connectivity index (χ1) is 17.4. The van der Waals surface area contributed by atoms with Crippen molar-refractivity contribution >= 4 is 10.8 Å². The van der Waals surface area contributed by atoms with Gasteiger partial charge in [0.15, 0.2) is 0 Å². The van der Waals surface area contributed by atoms with Crippen molar-refractivity contribution < 1.29 is 17.6 Å². The lowest BCUT2D eigenvalue weighted by Crippen LogP contribution is -2.00. The van der Waals surface area contributed by atoms with Crippen molar-refractivity contribution in [1.82, 2.24) is 0 Å². The first kappa shape index (κ1) is 25.2. The summed E-state index contributed by atoms with van der Waals surface area (Å²) in [5.74, 6) is -2.41. The van der Waals surface area contributed by atoms with Gasteiger partial charge >= 0.3 is 0 Å². The van der Waals surface area contributed by atoms with Crippen molar-refractivity contribution in [1.29, 1.82) is 5.26 Å². The van der Waals surface area contributed by atoms with E-state index in [9.17, 15) is 13.2 Å². The normalized spacial score (nSPS) is 11.0. The van der Waals surface area contributed by atoms with Gasteiger partial charge < -0.3 is 0 Å². The third-order valence-corrected chi connectivity index (χ3v) is 6.43. The average Bonchev–Trinajstić information content (AvgIpc) is 2.86. The second-order valence-corrected chi connectivity index (χ2v) is 8.89. The molecule has 0 fully saturated rings. The molecule has 4 rings (SSSR count). The molecule has 0 aliphatic rings. The smallest absolute Gasteiger partial charge is 0.144 e. The summed E-state index contributed by atoms with van der Waals surface area (Å²) < 4.78 is 57.4. The van der Waals surface area contributed by atoms with Crippen molar-refractivity contribution in [2.45, 2.75) is 38.5 Å². The van der Waals surface area contributed by atoms with Crippen molar-refractivity contribution in [3.05, 3.63) is 130 Å². The minimum atomic E-state index is -0.914. The van der Waals surface area contributed by atoms with Gasteiger partial charge in [0.05, 0.1) is 0 Å². The van der Waals surface area contributed by atoms with Crippen molar-refractivity contribution in [3.8, 4) is 6.07 Å². The summed E-state index contributed by atoms with van der Waals surface area (Å²) in [5, 5.41) is 10.00. The zero-order valence-corrected chi connectivity index (χ0v) is 19.8. The molecule has 0 aliphatic heterocycles. The first-order valence-corrected chi connectivity index (χ1v) is 11.9. The third-order valence-electron chi connectivity index (χ3n) is 6.43. The number of allylic oxidation sites excluding steroid dienone is 1. The van der Waals surface area contributed by atoms with E-state index in [-0.39, 0.29) is 24.5 Å². The first-order valence-electron chi connectivity index (χ1n) is 11.9. The van der Waals surface area contributed by atoms with Crippen LogP contribution in [0.4, 0.5) is 17.6 Å². The van der Waals surface area contributed by atoms with Crippen LogP contribution in [0, 0.1) is 34.6 Å². The highest BCUT2D eigenvalue weighted by molar-refractivity contribution is 5.84. The molecule has 0 saturated heterocycles. The van der Waals surface area contributed by atoms with Gasteiger partial charge in [0, 0.05) is 5.39 Å². The monoisotopic (exact) mass is 487 g/mol. The van der Waals surface area contributed by atoms with Crippen LogP contribution in [-0.2, 0) is 32.1 Å². The molecule has 0 saturated carbocycles. The van der Waals surface area contributed by atoms with Gasteiger partial charge in [-0.15, -0.1) is 6.58 Å². The summed E-state index contributed by atoms with van der Waals surface area (Å²) in [4.78, 5) is 0. The number of nitrogens with zero attached hydrogens (tertiary/aromatic N) is 1. The Bertz CT molecular complexity index is 1440. The Balaban J connectivity index is 1.45. The van der Waals surface area contributed by atoms with E-state index in [1.807, 2.05) is 36.4 Å². The Labute approximate surface area is 208 Å². The Morgan fingerprint density at radius 3 is 1.97 bits per heavy atom. The fraction of sp³-hybridized carbons (Fsp3) is 0.194. The van der Waals surface area contributed by atoms with Crippen molar-refractivity contribution in [3.63, 3.8) is 0 Å². The molecule has 5 heteroatoms. The number of hydrogen-bond acceptors (Lipinski definition) is 1. The fourth-order valence-electron chi connectivity index (χ4n) is 4.39. The number of hydrogen-bond donors (Lipinski definition) is 0. The molecule has 0 amide bonds. The summed E-state index contributed by atoms with van der Waals surface area (Å²) in [6.07, 6.45) is 5.04. The van der Waals surface area contributed by atoms with Crippen LogP contribution < -0.4 is 0 Å². The maximum Gasteiger partial charge on any atom is 0.144 e. The molecule has 0 spiro atoms. The van der Waals surface area contributed by atoms with Crippen LogP contribution in [0.25, 0.3) is 10.8 Å². The Morgan fingerprint density at radius 1 is 0.667 bits per heavy atom. The number of aryl methyl sites for hydroxylation is 5. The molecular weight excluding hydrogens is 462 g/mol. The minimum absolute atomic E-state index is 0.213. The molecule has 0 radical (unpaired) electrons. The molecular formula is C31H25F4N. The molecule has 0 bridgehead atoms. The SMILES string of the molecule is C=CCCc1ccc(CCc2ccc3c(F)c(CCc4cc(F)c(C#N)c(F)c4)ccc3c2)c(F)c1. The van der Waals surface area contributed by atoms with E-state index >= 15 is 4.39 Å². The van der Waals surface area contributed by atoms with E-state index in [4.69, 9.17) is 5.26 Å². The summed E-state index contributed by atoms with van der Waals surface area (Å²) >= 11 is 0. The number of halogens is 4. The fourth-order valence-corrected chi connectivity index (χ4v) is 4.39. The second-order valence-electron chi connectivity index (χ2n) is 8.89. The number of rotatable bonds is 9. The second kappa shape index (κ2) is 11.2. The number of nitriles is 1. The van der Waals surface area contributed by atoms with E-state index < -0.39 is 17.2 Å². The maximum atomic E-state index is 15.2. The van der Waals surface area contributed by atoms with Gasteiger partial charge in [0.1, 0.15) is 34.9 Å². The highest BCUT2D eigenvalue weighted by Gasteiger charge is 2.13.